The summed E-state index contributed by atoms with van der Waals surface area (Å²) in [4.78, 5) is 27.1. The van der Waals surface area contributed by atoms with Crippen molar-refractivity contribution >= 4 is 28.2 Å². The summed E-state index contributed by atoms with van der Waals surface area (Å²) in [5.41, 5.74) is 0.776. The maximum Gasteiger partial charge on any atom is 0.319 e. The smallest absolute Gasteiger partial charge is 0.319 e. The third kappa shape index (κ3) is 4.37. The zero-order valence-electron chi connectivity index (χ0n) is 19.8. The van der Waals surface area contributed by atoms with E-state index in [9.17, 15) is 9.90 Å². The van der Waals surface area contributed by atoms with Gasteiger partial charge in [0.1, 0.15) is 23.9 Å². The summed E-state index contributed by atoms with van der Waals surface area (Å²) in [5.74, 6) is 0.442. The third-order valence-corrected chi connectivity index (χ3v) is 7.45. The van der Waals surface area contributed by atoms with Gasteiger partial charge < -0.3 is 30.3 Å². The number of phenolic OH excluding ortho intramolecular Hbond substituents is 1. The van der Waals surface area contributed by atoms with Gasteiger partial charge in [-0.3, -0.25) is 4.79 Å². The number of ether oxygens (including phenoxy) is 1. The van der Waals surface area contributed by atoms with E-state index in [-0.39, 0.29) is 23.4 Å². The standard InChI is InChI=1S/C26H30N6O3/c1-31-8-4-6-18(31)15-35-26-29-23(12-24(30-26)32-14-17-10-19(32)13-27-17)25(34)28-22-11-20(33)9-16-5-2-3-7-21(16)22/h2-3,5,7,9,11-12,17-19,27,33H,4,6,8,10,13-15H2,1H3,(H,28,34)/t17-,18-,19-/m0/s1. The molecule has 9 heteroatoms. The molecule has 0 unspecified atom stereocenters. The topological polar surface area (TPSA) is 103 Å². The van der Waals surface area contributed by atoms with Crippen LogP contribution in [0.4, 0.5) is 11.5 Å². The molecule has 4 heterocycles. The molecule has 1 aromatic heterocycles. The fourth-order valence-electron chi connectivity index (χ4n) is 5.53. The van der Waals surface area contributed by atoms with Crippen molar-refractivity contribution in [3.63, 3.8) is 0 Å². The van der Waals surface area contributed by atoms with Crippen molar-refractivity contribution in [2.24, 2.45) is 0 Å². The zero-order chi connectivity index (χ0) is 23.9. The van der Waals surface area contributed by atoms with Gasteiger partial charge in [-0.15, -0.1) is 0 Å². The number of nitrogens with zero attached hydrogens (tertiary/aromatic N) is 4. The van der Waals surface area contributed by atoms with Crippen molar-refractivity contribution in [1.29, 1.82) is 0 Å². The molecule has 3 fully saturated rings. The van der Waals surface area contributed by atoms with E-state index in [0.717, 1.165) is 55.5 Å². The number of hydrogen-bond acceptors (Lipinski definition) is 8. The molecule has 2 aromatic carbocycles. The minimum atomic E-state index is -0.366. The summed E-state index contributed by atoms with van der Waals surface area (Å²) in [6.07, 6.45) is 3.31. The maximum absolute atomic E-state index is 13.4. The van der Waals surface area contributed by atoms with Crippen LogP contribution in [0.2, 0.25) is 0 Å². The molecule has 6 rings (SSSR count). The van der Waals surface area contributed by atoms with Gasteiger partial charge in [-0.25, -0.2) is 0 Å². The molecule has 182 valence electrons. The molecule has 3 aliphatic heterocycles. The number of fused-ring (bicyclic) bond motifs is 3. The van der Waals surface area contributed by atoms with E-state index in [0.29, 0.717) is 30.4 Å². The number of carbonyl (C=O) groups excluding carboxylic acids is 1. The SMILES string of the molecule is CN1CCC[C@H]1COc1nc(C(=O)Nc2cc(O)cc3ccccc23)cc(N2C[C@@H]3C[C@H]2CN3)n1. The van der Waals surface area contributed by atoms with Gasteiger partial charge in [0.05, 0.1) is 5.69 Å². The molecule has 0 spiro atoms. The molecule has 3 atom stereocenters. The quantitative estimate of drug-likeness (QED) is 0.501. The Morgan fingerprint density at radius 2 is 2.14 bits per heavy atom. The van der Waals surface area contributed by atoms with Gasteiger partial charge in [-0.2, -0.15) is 9.97 Å². The van der Waals surface area contributed by atoms with Crippen molar-refractivity contribution in [1.82, 2.24) is 20.2 Å². The molecule has 35 heavy (non-hydrogen) atoms. The molecule has 0 saturated carbocycles. The molecular formula is C26H30N6O3. The summed E-state index contributed by atoms with van der Waals surface area (Å²) in [7, 11) is 2.10. The van der Waals surface area contributed by atoms with Crippen LogP contribution in [-0.4, -0.2) is 77.3 Å². The minimum absolute atomic E-state index is 0.0904. The lowest BCUT2D eigenvalue weighted by molar-refractivity contribution is 0.102. The molecule has 3 N–H and O–H groups in total. The number of hydrogen-bond donors (Lipinski definition) is 3. The number of phenols is 1. The van der Waals surface area contributed by atoms with E-state index >= 15 is 0 Å². The monoisotopic (exact) mass is 474 g/mol. The first-order valence-electron chi connectivity index (χ1n) is 12.3. The van der Waals surface area contributed by atoms with Crippen molar-refractivity contribution < 1.29 is 14.6 Å². The number of carbonyl (C=O) groups is 1. The molecular weight excluding hydrogens is 444 g/mol. The predicted molar refractivity (Wildman–Crippen MR) is 134 cm³/mol. The summed E-state index contributed by atoms with van der Waals surface area (Å²) in [5, 5.41) is 18.3. The van der Waals surface area contributed by atoms with E-state index in [1.165, 1.54) is 0 Å². The van der Waals surface area contributed by atoms with E-state index in [1.807, 2.05) is 24.3 Å². The number of piperazine rings is 1. The predicted octanol–water partition coefficient (Wildman–Crippen LogP) is 2.61. The van der Waals surface area contributed by atoms with E-state index in [4.69, 9.17) is 9.72 Å². The van der Waals surface area contributed by atoms with Crippen LogP contribution in [0.3, 0.4) is 0 Å². The number of amides is 1. The number of rotatable bonds is 6. The molecule has 1 amide bonds. The van der Waals surface area contributed by atoms with Gasteiger partial charge in [0.15, 0.2) is 0 Å². The van der Waals surface area contributed by atoms with Gasteiger partial charge in [0.25, 0.3) is 5.91 Å². The van der Waals surface area contributed by atoms with Crippen LogP contribution in [0.15, 0.2) is 42.5 Å². The Kier molecular flexibility index (Phi) is 5.66. The lowest BCUT2D eigenvalue weighted by atomic mass is 10.1. The van der Waals surface area contributed by atoms with E-state index in [1.54, 1.807) is 18.2 Å². The second-order valence-electron chi connectivity index (χ2n) is 9.80. The average molecular weight is 475 g/mol. The van der Waals surface area contributed by atoms with Crippen molar-refractivity contribution in [3.8, 4) is 11.8 Å². The van der Waals surface area contributed by atoms with Crippen LogP contribution < -0.4 is 20.3 Å². The van der Waals surface area contributed by atoms with E-state index in [2.05, 4.69) is 32.5 Å². The largest absolute Gasteiger partial charge is 0.508 e. The first-order chi connectivity index (χ1) is 17.0. The normalized spacial score (nSPS) is 23.8. The number of likely N-dealkylation sites (tertiary alicyclic amines) is 1. The fraction of sp³-hybridized carbons (Fsp3) is 0.423. The highest BCUT2D eigenvalue weighted by Crippen LogP contribution is 2.31. The number of nitrogens with one attached hydrogen (secondary N) is 2. The number of aromatic hydroxyl groups is 1. The lowest BCUT2D eigenvalue weighted by Crippen LogP contribution is -2.44. The third-order valence-electron chi connectivity index (χ3n) is 7.45. The average Bonchev–Trinajstić information content (AvgIpc) is 3.60. The van der Waals surface area contributed by atoms with Crippen molar-refractivity contribution in [2.75, 3.05) is 43.5 Å². The van der Waals surface area contributed by atoms with Crippen LogP contribution >= 0.6 is 0 Å². The summed E-state index contributed by atoms with van der Waals surface area (Å²) in [6, 6.07) is 13.9. The van der Waals surface area contributed by atoms with E-state index < -0.39 is 0 Å². The molecule has 2 bridgehead atoms. The van der Waals surface area contributed by atoms with Crippen LogP contribution in [0.25, 0.3) is 10.8 Å². The molecule has 0 aliphatic carbocycles. The number of aromatic nitrogens is 2. The zero-order valence-corrected chi connectivity index (χ0v) is 19.8. The van der Waals surface area contributed by atoms with Crippen molar-refractivity contribution in [3.05, 3.63) is 48.2 Å². The first-order valence-corrected chi connectivity index (χ1v) is 12.3. The summed E-state index contributed by atoms with van der Waals surface area (Å²) in [6.45, 7) is 3.31. The Hall–Kier alpha value is -3.43. The van der Waals surface area contributed by atoms with Gasteiger partial charge in [0.2, 0.25) is 0 Å². The highest BCUT2D eigenvalue weighted by molar-refractivity contribution is 6.09. The summed E-state index contributed by atoms with van der Waals surface area (Å²) < 4.78 is 6.04. The fourth-order valence-corrected chi connectivity index (χ4v) is 5.53. The van der Waals surface area contributed by atoms with Crippen LogP contribution in [0.5, 0.6) is 11.8 Å². The molecule has 3 aliphatic rings. The van der Waals surface area contributed by atoms with Gasteiger partial charge in [0, 0.05) is 48.7 Å². The highest BCUT2D eigenvalue weighted by atomic mass is 16.5. The van der Waals surface area contributed by atoms with Crippen LogP contribution in [0, 0.1) is 0 Å². The van der Waals surface area contributed by atoms with Crippen LogP contribution in [0.1, 0.15) is 29.8 Å². The maximum atomic E-state index is 13.4. The summed E-state index contributed by atoms with van der Waals surface area (Å²) >= 11 is 0. The number of likely N-dealkylation sites (N-methyl/N-ethyl adjacent to an activating group) is 1. The van der Waals surface area contributed by atoms with Gasteiger partial charge >= 0.3 is 6.01 Å². The van der Waals surface area contributed by atoms with Crippen molar-refractivity contribution in [2.45, 2.75) is 37.4 Å². The molecule has 9 nitrogen and oxygen atoms in total. The first kappa shape index (κ1) is 22.1. The number of anilines is 2. The Bertz CT molecular complexity index is 1270. The second kappa shape index (κ2) is 8.98. The second-order valence-corrected chi connectivity index (χ2v) is 9.80. The number of benzene rings is 2. The molecule has 0 radical (unpaired) electrons. The van der Waals surface area contributed by atoms with Gasteiger partial charge in [-0.05, 0) is 44.3 Å². The Balaban J connectivity index is 1.30. The highest BCUT2D eigenvalue weighted by Gasteiger charge is 2.38. The Labute approximate surface area is 204 Å². The minimum Gasteiger partial charge on any atom is -0.508 e. The Morgan fingerprint density at radius 3 is 2.91 bits per heavy atom. The lowest BCUT2D eigenvalue weighted by Gasteiger charge is -2.29. The van der Waals surface area contributed by atoms with Crippen LogP contribution in [-0.2, 0) is 0 Å². The van der Waals surface area contributed by atoms with Gasteiger partial charge in [-0.1, -0.05) is 24.3 Å². The molecule has 3 saturated heterocycles. The Morgan fingerprint density at radius 1 is 1.26 bits per heavy atom. The molecule has 3 aromatic rings.